The van der Waals surface area contributed by atoms with Crippen LogP contribution in [-0.4, -0.2) is 30.2 Å². The van der Waals surface area contributed by atoms with Gasteiger partial charge in [0.05, 0.1) is 6.61 Å². The van der Waals surface area contributed by atoms with Crippen molar-refractivity contribution in [3.63, 3.8) is 0 Å². The second-order valence-electron chi connectivity index (χ2n) is 4.66. The predicted octanol–water partition coefficient (Wildman–Crippen LogP) is 2.01. The topological polar surface area (TPSA) is 47.0 Å². The lowest BCUT2D eigenvalue weighted by Crippen LogP contribution is -2.40. The van der Waals surface area contributed by atoms with Crippen LogP contribution in [0, 0.1) is 12.3 Å². The number of anilines is 1. The first kappa shape index (κ1) is 11.3. The number of aromatic nitrogens is 2. The van der Waals surface area contributed by atoms with Crippen LogP contribution in [0.3, 0.4) is 0 Å². The minimum Gasteiger partial charge on any atom is -0.384 e. The van der Waals surface area contributed by atoms with Gasteiger partial charge in [0.25, 0.3) is 0 Å². The molecule has 16 heavy (non-hydrogen) atoms. The number of ether oxygens (including phenoxy) is 1. The molecule has 0 amide bonds. The third kappa shape index (κ3) is 2.50. The van der Waals surface area contributed by atoms with Crippen molar-refractivity contribution in [1.82, 2.24) is 9.97 Å². The van der Waals surface area contributed by atoms with Gasteiger partial charge in [-0.15, -0.1) is 0 Å². The fraction of sp³-hybridized carbons (Fsp3) is 0.667. The SMILES string of the molecule is COCC1(CNc2nccc(C)n2)CCC1. The summed E-state index contributed by atoms with van der Waals surface area (Å²) in [5.41, 5.74) is 1.30. The zero-order chi connectivity index (χ0) is 11.4. The molecule has 0 aromatic carbocycles. The van der Waals surface area contributed by atoms with Crippen molar-refractivity contribution in [1.29, 1.82) is 0 Å². The highest BCUT2D eigenvalue weighted by Gasteiger charge is 2.36. The number of hydrogen-bond acceptors (Lipinski definition) is 4. The smallest absolute Gasteiger partial charge is 0.222 e. The highest BCUT2D eigenvalue weighted by atomic mass is 16.5. The molecule has 1 aliphatic rings. The van der Waals surface area contributed by atoms with E-state index in [9.17, 15) is 0 Å². The molecule has 0 bridgehead atoms. The van der Waals surface area contributed by atoms with Gasteiger partial charge in [0, 0.05) is 31.0 Å². The van der Waals surface area contributed by atoms with Crippen LogP contribution in [0.25, 0.3) is 0 Å². The van der Waals surface area contributed by atoms with E-state index < -0.39 is 0 Å². The van der Waals surface area contributed by atoms with Crippen LogP contribution in [0.15, 0.2) is 12.3 Å². The molecule has 4 nitrogen and oxygen atoms in total. The van der Waals surface area contributed by atoms with Crippen molar-refractivity contribution in [3.8, 4) is 0 Å². The quantitative estimate of drug-likeness (QED) is 0.826. The summed E-state index contributed by atoms with van der Waals surface area (Å²) in [6.07, 6.45) is 5.56. The number of aryl methyl sites for hydroxylation is 1. The van der Waals surface area contributed by atoms with Gasteiger partial charge in [-0.05, 0) is 25.8 Å². The monoisotopic (exact) mass is 221 g/mol. The molecule has 1 N–H and O–H groups in total. The Morgan fingerprint density at radius 3 is 2.88 bits per heavy atom. The number of nitrogens with zero attached hydrogens (tertiary/aromatic N) is 2. The molecule has 1 aliphatic carbocycles. The zero-order valence-electron chi connectivity index (χ0n) is 9.99. The van der Waals surface area contributed by atoms with E-state index in [1.54, 1.807) is 13.3 Å². The van der Waals surface area contributed by atoms with Crippen molar-refractivity contribution >= 4 is 5.95 Å². The van der Waals surface area contributed by atoms with Crippen molar-refractivity contribution < 1.29 is 4.74 Å². The Balaban J connectivity index is 1.91. The second kappa shape index (κ2) is 4.78. The highest BCUT2D eigenvalue weighted by Crippen LogP contribution is 2.40. The normalized spacial score (nSPS) is 17.9. The fourth-order valence-corrected chi connectivity index (χ4v) is 2.16. The summed E-state index contributed by atoms with van der Waals surface area (Å²) in [4.78, 5) is 8.53. The maximum Gasteiger partial charge on any atom is 0.222 e. The molecule has 0 atom stereocenters. The molecular formula is C12H19N3O. The van der Waals surface area contributed by atoms with Gasteiger partial charge in [-0.25, -0.2) is 9.97 Å². The molecular weight excluding hydrogens is 202 g/mol. The van der Waals surface area contributed by atoms with Crippen LogP contribution in [0.1, 0.15) is 25.0 Å². The van der Waals surface area contributed by atoms with Gasteiger partial charge in [-0.3, -0.25) is 0 Å². The third-order valence-electron chi connectivity index (χ3n) is 3.28. The molecule has 2 rings (SSSR count). The molecule has 4 heteroatoms. The molecule has 1 heterocycles. The lowest BCUT2D eigenvalue weighted by molar-refractivity contribution is 0.0281. The van der Waals surface area contributed by atoms with Crippen LogP contribution < -0.4 is 5.32 Å². The van der Waals surface area contributed by atoms with Gasteiger partial charge in [-0.1, -0.05) is 6.42 Å². The van der Waals surface area contributed by atoms with Crippen LogP contribution in [-0.2, 0) is 4.74 Å². The van der Waals surface area contributed by atoms with Gasteiger partial charge in [0.2, 0.25) is 5.95 Å². The average Bonchev–Trinajstić information content (AvgIpc) is 2.22. The van der Waals surface area contributed by atoms with Crippen molar-refractivity contribution in [3.05, 3.63) is 18.0 Å². The van der Waals surface area contributed by atoms with Crippen molar-refractivity contribution in [2.24, 2.45) is 5.41 Å². The van der Waals surface area contributed by atoms with Gasteiger partial charge < -0.3 is 10.1 Å². The minimum absolute atomic E-state index is 0.307. The van der Waals surface area contributed by atoms with E-state index in [0.29, 0.717) is 5.41 Å². The van der Waals surface area contributed by atoms with E-state index in [1.807, 2.05) is 13.0 Å². The summed E-state index contributed by atoms with van der Waals surface area (Å²) in [6, 6.07) is 1.90. The van der Waals surface area contributed by atoms with Crippen LogP contribution in [0.5, 0.6) is 0 Å². The van der Waals surface area contributed by atoms with Crippen molar-refractivity contribution in [2.75, 3.05) is 25.6 Å². The third-order valence-corrected chi connectivity index (χ3v) is 3.28. The summed E-state index contributed by atoms with van der Waals surface area (Å²) in [5, 5.41) is 3.31. The van der Waals surface area contributed by atoms with Gasteiger partial charge >= 0.3 is 0 Å². The highest BCUT2D eigenvalue weighted by molar-refractivity contribution is 5.25. The Hall–Kier alpha value is -1.16. The van der Waals surface area contributed by atoms with Crippen LogP contribution in [0.4, 0.5) is 5.95 Å². The summed E-state index contributed by atoms with van der Waals surface area (Å²) in [6.45, 7) is 3.71. The molecule has 0 radical (unpaired) electrons. The summed E-state index contributed by atoms with van der Waals surface area (Å²) in [7, 11) is 1.77. The summed E-state index contributed by atoms with van der Waals surface area (Å²) in [5.74, 6) is 0.724. The Kier molecular flexibility index (Phi) is 3.39. The number of methoxy groups -OCH3 is 1. The predicted molar refractivity (Wildman–Crippen MR) is 63.4 cm³/mol. The molecule has 88 valence electrons. The molecule has 1 saturated carbocycles. The molecule has 0 spiro atoms. The maximum atomic E-state index is 5.28. The Morgan fingerprint density at radius 1 is 1.50 bits per heavy atom. The first-order valence-corrected chi connectivity index (χ1v) is 5.77. The van der Waals surface area contributed by atoms with E-state index in [4.69, 9.17) is 4.74 Å². The average molecular weight is 221 g/mol. The van der Waals surface area contributed by atoms with E-state index in [0.717, 1.165) is 24.8 Å². The summed E-state index contributed by atoms with van der Waals surface area (Å²) >= 11 is 0. The molecule has 0 saturated heterocycles. The van der Waals surface area contributed by atoms with E-state index in [-0.39, 0.29) is 0 Å². The number of rotatable bonds is 5. The zero-order valence-corrected chi connectivity index (χ0v) is 9.99. The van der Waals surface area contributed by atoms with Gasteiger partial charge in [0.1, 0.15) is 0 Å². The molecule has 1 aromatic rings. The Labute approximate surface area is 96.4 Å². The van der Waals surface area contributed by atoms with Crippen LogP contribution >= 0.6 is 0 Å². The maximum absolute atomic E-state index is 5.28. The number of nitrogens with one attached hydrogen (secondary N) is 1. The van der Waals surface area contributed by atoms with Crippen molar-refractivity contribution in [2.45, 2.75) is 26.2 Å². The second-order valence-corrected chi connectivity index (χ2v) is 4.66. The Bertz CT molecular complexity index is 350. The standard InChI is InChI=1S/C12H19N3O/c1-10-4-7-13-11(15-10)14-8-12(9-16-2)5-3-6-12/h4,7H,3,5-6,8-9H2,1-2H3,(H,13,14,15). The van der Waals surface area contributed by atoms with Crippen LogP contribution in [0.2, 0.25) is 0 Å². The lowest BCUT2D eigenvalue weighted by atomic mass is 9.69. The van der Waals surface area contributed by atoms with E-state index >= 15 is 0 Å². The van der Waals surface area contributed by atoms with Gasteiger partial charge in [-0.2, -0.15) is 0 Å². The first-order valence-electron chi connectivity index (χ1n) is 5.77. The summed E-state index contributed by atoms with van der Waals surface area (Å²) < 4.78 is 5.28. The molecule has 0 aliphatic heterocycles. The molecule has 0 unspecified atom stereocenters. The van der Waals surface area contributed by atoms with E-state index in [2.05, 4.69) is 15.3 Å². The van der Waals surface area contributed by atoms with E-state index in [1.165, 1.54) is 19.3 Å². The molecule has 1 aromatic heterocycles. The Morgan fingerprint density at radius 2 is 2.31 bits per heavy atom. The minimum atomic E-state index is 0.307. The molecule has 1 fully saturated rings. The largest absolute Gasteiger partial charge is 0.384 e. The lowest BCUT2D eigenvalue weighted by Gasteiger charge is -2.41. The fourth-order valence-electron chi connectivity index (χ4n) is 2.16. The number of hydrogen-bond donors (Lipinski definition) is 1. The van der Waals surface area contributed by atoms with Gasteiger partial charge in [0.15, 0.2) is 0 Å². The first-order chi connectivity index (χ1) is 7.74.